The van der Waals surface area contributed by atoms with Crippen LogP contribution in [0.4, 0.5) is 0 Å². The number of nitrogens with zero attached hydrogens (tertiary/aromatic N) is 2. The third kappa shape index (κ3) is 4.38. The van der Waals surface area contributed by atoms with Crippen LogP contribution in [0, 0.1) is 0 Å². The van der Waals surface area contributed by atoms with Gasteiger partial charge in [0, 0.05) is 4.47 Å². The Balaban J connectivity index is 1.87. The van der Waals surface area contributed by atoms with Crippen molar-refractivity contribution in [3.8, 4) is 0 Å². The number of hydrogen-bond donors (Lipinski definition) is 2. The number of imide groups is 1. The van der Waals surface area contributed by atoms with Crippen LogP contribution in [0.2, 0.25) is 0 Å². The molecule has 0 aliphatic rings. The second-order valence-corrected chi connectivity index (χ2v) is 5.59. The maximum absolute atomic E-state index is 11.9. The fourth-order valence-electron chi connectivity index (χ4n) is 1.38. The Morgan fingerprint density at radius 2 is 2.10 bits per heavy atom. The van der Waals surface area contributed by atoms with Crippen LogP contribution in [0.5, 0.6) is 0 Å². The lowest BCUT2D eigenvalue weighted by molar-refractivity contribution is -0.117. The van der Waals surface area contributed by atoms with Crippen molar-refractivity contribution in [3.05, 3.63) is 40.2 Å². The number of rotatable bonds is 5. The summed E-state index contributed by atoms with van der Waals surface area (Å²) in [5, 5.41) is 9.89. The van der Waals surface area contributed by atoms with E-state index < -0.39 is 11.8 Å². The average molecular weight is 371 g/mol. The Labute approximate surface area is 132 Å². The summed E-state index contributed by atoms with van der Waals surface area (Å²) in [6.07, 6.45) is 0. The average Bonchev–Trinajstić information content (AvgIpc) is 2.93. The molecule has 0 radical (unpaired) electrons. The highest BCUT2D eigenvalue weighted by atomic mass is 79.9. The molecule has 2 rings (SSSR count). The summed E-state index contributed by atoms with van der Waals surface area (Å²) in [6, 6.07) is 6.83. The minimum atomic E-state index is -0.471. The van der Waals surface area contributed by atoms with E-state index in [1.165, 1.54) is 0 Å². The first-order valence-corrected chi connectivity index (χ1v) is 7.62. The van der Waals surface area contributed by atoms with Crippen molar-refractivity contribution in [2.24, 2.45) is 5.73 Å². The number of halogens is 1. The van der Waals surface area contributed by atoms with Gasteiger partial charge in [0.1, 0.15) is 0 Å². The van der Waals surface area contributed by atoms with Gasteiger partial charge in [0.05, 0.1) is 17.9 Å². The lowest BCUT2D eigenvalue weighted by Gasteiger charge is -2.04. The van der Waals surface area contributed by atoms with E-state index in [0.717, 1.165) is 11.8 Å². The zero-order chi connectivity index (χ0) is 15.2. The molecule has 1 aromatic heterocycles. The van der Waals surface area contributed by atoms with E-state index in [2.05, 4.69) is 31.4 Å². The molecule has 0 saturated carbocycles. The minimum Gasteiger partial charge on any atom is -0.415 e. The van der Waals surface area contributed by atoms with Crippen molar-refractivity contribution in [3.63, 3.8) is 0 Å². The van der Waals surface area contributed by atoms with Gasteiger partial charge in [-0.1, -0.05) is 23.9 Å². The number of benzene rings is 1. The van der Waals surface area contributed by atoms with Crippen LogP contribution < -0.4 is 11.1 Å². The minimum absolute atomic E-state index is 0.0115. The van der Waals surface area contributed by atoms with Crippen LogP contribution in [-0.4, -0.2) is 27.8 Å². The first kappa shape index (κ1) is 15.7. The number of carbonyl (C=O) groups is 2. The van der Waals surface area contributed by atoms with Crippen molar-refractivity contribution in [1.82, 2.24) is 15.5 Å². The van der Waals surface area contributed by atoms with E-state index in [0.29, 0.717) is 15.9 Å². The van der Waals surface area contributed by atoms with Gasteiger partial charge in [0.2, 0.25) is 11.8 Å². The maximum atomic E-state index is 11.9. The quantitative estimate of drug-likeness (QED) is 0.763. The topological polar surface area (TPSA) is 111 Å². The van der Waals surface area contributed by atoms with Crippen LogP contribution in [0.3, 0.4) is 0 Å². The Hall–Kier alpha value is -1.71. The van der Waals surface area contributed by atoms with Gasteiger partial charge >= 0.3 is 0 Å². The van der Waals surface area contributed by atoms with E-state index in [1.54, 1.807) is 24.3 Å². The maximum Gasteiger partial charge on any atom is 0.277 e. The normalized spacial score (nSPS) is 10.4. The number of carbonyl (C=O) groups excluding carboxylic acids is 2. The summed E-state index contributed by atoms with van der Waals surface area (Å²) in [4.78, 5) is 23.6. The van der Waals surface area contributed by atoms with Crippen LogP contribution >= 0.6 is 27.7 Å². The molecule has 0 aliphatic heterocycles. The Morgan fingerprint density at radius 3 is 2.76 bits per heavy atom. The molecule has 2 amide bonds. The van der Waals surface area contributed by atoms with Gasteiger partial charge in [-0.15, -0.1) is 10.2 Å². The molecule has 0 spiro atoms. The second kappa shape index (κ2) is 7.34. The molecule has 110 valence electrons. The third-order valence-corrected chi connectivity index (χ3v) is 3.83. The summed E-state index contributed by atoms with van der Waals surface area (Å²) in [6.45, 7) is 0.139. The van der Waals surface area contributed by atoms with E-state index in [-0.39, 0.29) is 17.5 Å². The molecule has 0 aliphatic carbocycles. The van der Waals surface area contributed by atoms with Gasteiger partial charge in [0.15, 0.2) is 0 Å². The molecule has 2 aromatic rings. The third-order valence-electron chi connectivity index (χ3n) is 2.32. The molecule has 0 saturated heterocycles. The van der Waals surface area contributed by atoms with Crippen molar-refractivity contribution in [2.45, 2.75) is 11.8 Å². The molecule has 3 N–H and O–H groups in total. The summed E-state index contributed by atoms with van der Waals surface area (Å²) < 4.78 is 5.75. The number of amides is 2. The number of aromatic nitrogens is 2. The molecule has 1 heterocycles. The zero-order valence-corrected chi connectivity index (χ0v) is 13.1. The first-order valence-electron chi connectivity index (χ1n) is 5.84. The number of nitrogens with one attached hydrogen (secondary N) is 1. The molecule has 0 atom stereocenters. The molecule has 0 unspecified atom stereocenters. The van der Waals surface area contributed by atoms with Crippen LogP contribution in [-0.2, 0) is 11.3 Å². The molecule has 0 bridgehead atoms. The fraction of sp³-hybridized carbons (Fsp3) is 0.167. The molecule has 0 fully saturated rings. The van der Waals surface area contributed by atoms with Crippen LogP contribution in [0.25, 0.3) is 0 Å². The standard InChI is InChI=1S/C12H11BrN4O3S/c13-8-4-2-1-3-7(8)11(19)15-9(18)6-21-12-17-16-10(5-14)20-12/h1-4H,5-6,14H2,(H,15,18,19). The van der Waals surface area contributed by atoms with E-state index in [1.807, 2.05) is 0 Å². The van der Waals surface area contributed by atoms with Gasteiger partial charge < -0.3 is 10.2 Å². The Morgan fingerprint density at radius 1 is 1.33 bits per heavy atom. The smallest absolute Gasteiger partial charge is 0.277 e. The highest BCUT2D eigenvalue weighted by Gasteiger charge is 2.14. The second-order valence-electron chi connectivity index (χ2n) is 3.81. The number of nitrogens with two attached hydrogens (primary N) is 1. The predicted molar refractivity (Wildman–Crippen MR) is 79.5 cm³/mol. The van der Waals surface area contributed by atoms with Gasteiger partial charge in [-0.25, -0.2) is 0 Å². The number of thioether (sulfide) groups is 1. The van der Waals surface area contributed by atoms with Gasteiger partial charge in [0.25, 0.3) is 11.1 Å². The van der Waals surface area contributed by atoms with Crippen LogP contribution in [0.15, 0.2) is 38.4 Å². The molecular weight excluding hydrogens is 360 g/mol. The molecule has 21 heavy (non-hydrogen) atoms. The van der Waals surface area contributed by atoms with Crippen molar-refractivity contribution < 1.29 is 14.0 Å². The summed E-state index contributed by atoms with van der Waals surface area (Å²) in [5.41, 5.74) is 5.72. The molecule has 9 heteroatoms. The Kier molecular flexibility index (Phi) is 5.48. The first-order chi connectivity index (χ1) is 10.1. The summed E-state index contributed by atoms with van der Waals surface area (Å²) in [7, 11) is 0. The lowest BCUT2D eigenvalue weighted by atomic mass is 10.2. The summed E-state index contributed by atoms with van der Waals surface area (Å²) >= 11 is 4.29. The lowest BCUT2D eigenvalue weighted by Crippen LogP contribution is -2.32. The van der Waals surface area contributed by atoms with Gasteiger partial charge in [-0.05, 0) is 28.1 Å². The monoisotopic (exact) mass is 370 g/mol. The van der Waals surface area contributed by atoms with Gasteiger partial charge in [-0.3, -0.25) is 14.9 Å². The predicted octanol–water partition coefficient (Wildman–Crippen LogP) is 1.34. The fourth-order valence-corrected chi connectivity index (χ4v) is 2.43. The molecule has 1 aromatic carbocycles. The molecule has 7 nitrogen and oxygen atoms in total. The van der Waals surface area contributed by atoms with Crippen molar-refractivity contribution >= 4 is 39.5 Å². The Bertz CT molecular complexity index is 661. The van der Waals surface area contributed by atoms with Crippen molar-refractivity contribution in [1.29, 1.82) is 0 Å². The summed E-state index contributed by atoms with van der Waals surface area (Å²) in [5.74, 6) is -0.640. The van der Waals surface area contributed by atoms with E-state index in [9.17, 15) is 9.59 Å². The van der Waals surface area contributed by atoms with Gasteiger partial charge in [-0.2, -0.15) is 0 Å². The SMILES string of the molecule is NCc1nnc(SCC(=O)NC(=O)c2ccccc2Br)o1. The number of hydrogen-bond acceptors (Lipinski definition) is 7. The largest absolute Gasteiger partial charge is 0.415 e. The van der Waals surface area contributed by atoms with Crippen molar-refractivity contribution in [2.75, 3.05) is 5.75 Å². The van der Waals surface area contributed by atoms with E-state index in [4.69, 9.17) is 10.2 Å². The molecular formula is C12H11BrN4O3S. The van der Waals surface area contributed by atoms with Crippen LogP contribution in [0.1, 0.15) is 16.2 Å². The zero-order valence-electron chi connectivity index (χ0n) is 10.7. The van der Waals surface area contributed by atoms with E-state index >= 15 is 0 Å². The highest BCUT2D eigenvalue weighted by molar-refractivity contribution is 9.10. The highest BCUT2D eigenvalue weighted by Crippen LogP contribution is 2.17.